The van der Waals surface area contributed by atoms with Crippen LogP contribution >= 0.6 is 0 Å². The van der Waals surface area contributed by atoms with Crippen LogP contribution in [0.2, 0.25) is 0 Å². The van der Waals surface area contributed by atoms with Gasteiger partial charge in [0.2, 0.25) is 0 Å². The van der Waals surface area contributed by atoms with E-state index in [-0.39, 0.29) is 18.8 Å². The van der Waals surface area contributed by atoms with Crippen LogP contribution in [0.5, 0.6) is 0 Å². The molecule has 90 valence electrons. The number of nitrogens with two attached hydrogens (primary N) is 1. The highest BCUT2D eigenvalue weighted by molar-refractivity contribution is 4.84. The summed E-state index contributed by atoms with van der Waals surface area (Å²) in [5.74, 6) is 0. The van der Waals surface area contributed by atoms with Crippen molar-refractivity contribution in [3.63, 3.8) is 0 Å². The molecule has 0 aromatic heterocycles. The Kier molecular flexibility index (Phi) is 4.36. The monoisotopic (exact) mass is 226 g/mol. The number of alkyl halides is 3. The minimum atomic E-state index is -4.20. The molecule has 1 aliphatic heterocycles. The van der Waals surface area contributed by atoms with Crippen molar-refractivity contribution in [3.05, 3.63) is 0 Å². The summed E-state index contributed by atoms with van der Waals surface area (Å²) in [5, 5.41) is 2.40. The molecule has 15 heavy (non-hydrogen) atoms. The molecule has 3 atom stereocenters. The molecule has 0 bridgehead atoms. The maximum atomic E-state index is 12.0. The summed E-state index contributed by atoms with van der Waals surface area (Å²) in [6.07, 6.45) is -2.61. The molecule has 3 N–H and O–H groups in total. The molecule has 0 saturated carbocycles. The molecule has 6 heteroatoms. The molecule has 0 spiro atoms. The highest BCUT2D eigenvalue weighted by Gasteiger charge is 2.33. The van der Waals surface area contributed by atoms with E-state index in [1.807, 2.05) is 6.92 Å². The first-order chi connectivity index (χ1) is 6.92. The van der Waals surface area contributed by atoms with Gasteiger partial charge in [0.05, 0.1) is 18.8 Å². The molecule has 1 heterocycles. The van der Waals surface area contributed by atoms with E-state index in [4.69, 9.17) is 10.5 Å². The standard InChI is InChI=1S/C9H17F3N2O/c1-6-2-3-8(15-6)7(4-13)14-5-9(10,11)12/h6-8,14H,2-5,13H2,1H3. The van der Waals surface area contributed by atoms with Crippen molar-refractivity contribution in [1.29, 1.82) is 0 Å². The summed E-state index contributed by atoms with van der Waals surface area (Å²) >= 11 is 0. The molecule has 3 nitrogen and oxygen atoms in total. The molecule has 0 aromatic carbocycles. The van der Waals surface area contributed by atoms with Crippen LogP contribution in [0.25, 0.3) is 0 Å². The lowest BCUT2D eigenvalue weighted by molar-refractivity contribution is -0.128. The van der Waals surface area contributed by atoms with E-state index in [2.05, 4.69) is 5.32 Å². The Hall–Kier alpha value is -0.330. The maximum absolute atomic E-state index is 12.0. The maximum Gasteiger partial charge on any atom is 0.401 e. The third kappa shape index (κ3) is 4.36. The largest absolute Gasteiger partial charge is 0.401 e. The van der Waals surface area contributed by atoms with Gasteiger partial charge in [0.15, 0.2) is 0 Å². The van der Waals surface area contributed by atoms with Crippen LogP contribution in [0.3, 0.4) is 0 Å². The van der Waals surface area contributed by atoms with E-state index in [9.17, 15) is 13.2 Å². The minimum absolute atomic E-state index is 0.122. The number of halogens is 3. The second-order valence-corrected chi connectivity index (χ2v) is 3.90. The van der Waals surface area contributed by atoms with Crippen molar-refractivity contribution >= 4 is 0 Å². The van der Waals surface area contributed by atoms with Crippen LogP contribution in [0, 0.1) is 0 Å². The Morgan fingerprint density at radius 1 is 1.47 bits per heavy atom. The summed E-state index contributed by atoms with van der Waals surface area (Å²) < 4.78 is 41.4. The lowest BCUT2D eigenvalue weighted by Crippen LogP contribution is -2.48. The topological polar surface area (TPSA) is 47.3 Å². The number of hydrogen-bond donors (Lipinski definition) is 2. The van der Waals surface area contributed by atoms with Gasteiger partial charge < -0.3 is 15.8 Å². The molecule has 1 saturated heterocycles. The molecule has 0 aliphatic carbocycles. The first-order valence-corrected chi connectivity index (χ1v) is 5.08. The Bertz CT molecular complexity index is 198. The predicted octanol–water partition coefficient (Wildman–Crippen LogP) is 1.03. The molecule has 3 unspecified atom stereocenters. The van der Waals surface area contributed by atoms with E-state index >= 15 is 0 Å². The summed E-state index contributed by atoms with van der Waals surface area (Å²) in [6, 6.07) is -0.406. The predicted molar refractivity (Wildman–Crippen MR) is 50.5 cm³/mol. The number of hydrogen-bond acceptors (Lipinski definition) is 3. The lowest BCUT2D eigenvalue weighted by atomic mass is 10.1. The van der Waals surface area contributed by atoms with Gasteiger partial charge >= 0.3 is 6.18 Å². The SMILES string of the molecule is CC1CCC(C(CN)NCC(F)(F)F)O1. The quantitative estimate of drug-likeness (QED) is 0.752. The van der Waals surface area contributed by atoms with Crippen molar-refractivity contribution in [1.82, 2.24) is 5.32 Å². The molecule has 1 aliphatic rings. The van der Waals surface area contributed by atoms with Gasteiger partial charge in [-0.2, -0.15) is 13.2 Å². The van der Waals surface area contributed by atoms with Crippen molar-refractivity contribution in [2.24, 2.45) is 5.73 Å². The summed E-state index contributed by atoms with van der Waals surface area (Å²) in [6.45, 7) is 1.06. The van der Waals surface area contributed by atoms with Gasteiger partial charge in [-0.15, -0.1) is 0 Å². The van der Waals surface area contributed by atoms with Gasteiger partial charge in [-0.3, -0.25) is 0 Å². The third-order valence-corrected chi connectivity index (χ3v) is 2.53. The van der Waals surface area contributed by atoms with E-state index < -0.39 is 18.8 Å². The number of nitrogens with one attached hydrogen (secondary N) is 1. The van der Waals surface area contributed by atoms with E-state index in [0.29, 0.717) is 0 Å². The molecular weight excluding hydrogens is 209 g/mol. The lowest BCUT2D eigenvalue weighted by Gasteiger charge is -2.24. The third-order valence-electron chi connectivity index (χ3n) is 2.53. The van der Waals surface area contributed by atoms with E-state index in [0.717, 1.165) is 12.8 Å². The van der Waals surface area contributed by atoms with Crippen molar-refractivity contribution in [2.75, 3.05) is 13.1 Å². The average molecular weight is 226 g/mol. The first-order valence-electron chi connectivity index (χ1n) is 5.08. The van der Waals surface area contributed by atoms with E-state index in [1.54, 1.807) is 0 Å². The first kappa shape index (κ1) is 12.7. The van der Waals surface area contributed by atoms with Crippen molar-refractivity contribution < 1.29 is 17.9 Å². The zero-order chi connectivity index (χ0) is 11.5. The van der Waals surface area contributed by atoms with Gasteiger partial charge in [-0.1, -0.05) is 0 Å². The Balaban J connectivity index is 2.36. The molecule has 0 aromatic rings. The fourth-order valence-corrected chi connectivity index (χ4v) is 1.74. The van der Waals surface area contributed by atoms with Crippen LogP contribution in [0.1, 0.15) is 19.8 Å². The van der Waals surface area contributed by atoms with Crippen LogP contribution in [0.4, 0.5) is 13.2 Å². The molecular formula is C9H17F3N2O. The van der Waals surface area contributed by atoms with Crippen molar-refractivity contribution in [3.8, 4) is 0 Å². The van der Waals surface area contributed by atoms with Gasteiger partial charge in [-0.25, -0.2) is 0 Å². The summed E-state index contributed by atoms with van der Waals surface area (Å²) in [7, 11) is 0. The Morgan fingerprint density at radius 2 is 2.13 bits per heavy atom. The van der Waals surface area contributed by atoms with Gasteiger partial charge in [0.25, 0.3) is 0 Å². The second-order valence-electron chi connectivity index (χ2n) is 3.90. The Morgan fingerprint density at radius 3 is 2.53 bits per heavy atom. The Labute approximate surface area is 87.2 Å². The zero-order valence-corrected chi connectivity index (χ0v) is 8.68. The summed E-state index contributed by atoms with van der Waals surface area (Å²) in [5.41, 5.74) is 5.42. The average Bonchev–Trinajstić information content (AvgIpc) is 2.51. The smallest absolute Gasteiger partial charge is 0.374 e. The van der Waals surface area contributed by atoms with Crippen LogP contribution < -0.4 is 11.1 Å². The van der Waals surface area contributed by atoms with Gasteiger partial charge in [-0.05, 0) is 19.8 Å². The fraction of sp³-hybridized carbons (Fsp3) is 1.00. The van der Waals surface area contributed by atoms with E-state index in [1.165, 1.54) is 0 Å². The molecule has 0 radical (unpaired) electrons. The highest BCUT2D eigenvalue weighted by atomic mass is 19.4. The minimum Gasteiger partial charge on any atom is -0.374 e. The highest BCUT2D eigenvalue weighted by Crippen LogP contribution is 2.22. The van der Waals surface area contributed by atoms with Crippen LogP contribution in [-0.2, 0) is 4.74 Å². The normalized spacial score (nSPS) is 29.4. The number of ether oxygens (including phenoxy) is 1. The zero-order valence-electron chi connectivity index (χ0n) is 8.68. The molecule has 1 rings (SSSR count). The van der Waals surface area contributed by atoms with Crippen LogP contribution in [0.15, 0.2) is 0 Å². The summed E-state index contributed by atoms with van der Waals surface area (Å²) in [4.78, 5) is 0. The number of rotatable bonds is 4. The molecule has 1 fully saturated rings. The fourth-order valence-electron chi connectivity index (χ4n) is 1.74. The van der Waals surface area contributed by atoms with Gasteiger partial charge in [0, 0.05) is 12.6 Å². The second kappa shape index (κ2) is 5.14. The molecule has 0 amide bonds. The van der Waals surface area contributed by atoms with Crippen LogP contribution in [-0.4, -0.2) is 37.5 Å². The van der Waals surface area contributed by atoms with Gasteiger partial charge in [0.1, 0.15) is 0 Å². The van der Waals surface area contributed by atoms with Crippen molar-refractivity contribution in [2.45, 2.75) is 44.2 Å².